The summed E-state index contributed by atoms with van der Waals surface area (Å²) >= 11 is 0. The van der Waals surface area contributed by atoms with Crippen LogP contribution in [0.2, 0.25) is 0 Å². The van der Waals surface area contributed by atoms with Crippen molar-refractivity contribution in [2.24, 2.45) is 5.92 Å². The van der Waals surface area contributed by atoms with Crippen molar-refractivity contribution in [3.05, 3.63) is 0 Å². The van der Waals surface area contributed by atoms with Crippen LogP contribution in [-0.4, -0.2) is 46.9 Å². The van der Waals surface area contributed by atoms with E-state index in [4.69, 9.17) is 0 Å². The van der Waals surface area contributed by atoms with Crippen LogP contribution in [0.1, 0.15) is 41.0 Å². The zero-order chi connectivity index (χ0) is 17.1. The van der Waals surface area contributed by atoms with E-state index in [1.165, 1.54) is 0 Å². The molecule has 1 aliphatic heterocycles. The zero-order valence-electron chi connectivity index (χ0n) is 13.6. The lowest BCUT2D eigenvalue weighted by molar-refractivity contribution is -0.132. The molecule has 3 N–H and O–H groups in total. The van der Waals surface area contributed by atoms with Gasteiger partial charge in [-0.2, -0.15) is 0 Å². The molecule has 1 saturated heterocycles. The van der Waals surface area contributed by atoms with E-state index in [9.17, 15) is 19.2 Å². The Hall–Kier alpha value is -2.12. The van der Waals surface area contributed by atoms with Crippen LogP contribution in [-0.2, 0) is 9.59 Å². The first-order valence-electron chi connectivity index (χ1n) is 7.23. The third-order valence-electron chi connectivity index (χ3n) is 2.86. The lowest BCUT2D eigenvalue weighted by atomic mass is 10.0. The summed E-state index contributed by atoms with van der Waals surface area (Å²) < 4.78 is 0. The highest BCUT2D eigenvalue weighted by atomic mass is 16.2. The largest absolute Gasteiger partial charge is 0.333 e. The number of urea groups is 2. The summed E-state index contributed by atoms with van der Waals surface area (Å²) in [6.07, 6.45) is 0.507. The van der Waals surface area contributed by atoms with Gasteiger partial charge < -0.3 is 10.6 Å². The number of amides is 6. The Kier molecular flexibility index (Phi) is 5.51. The first-order valence-corrected chi connectivity index (χ1v) is 7.23. The molecule has 0 radical (unpaired) electrons. The summed E-state index contributed by atoms with van der Waals surface area (Å²) in [6.45, 7) is 8.70. The molecule has 1 atom stereocenters. The Morgan fingerprint density at radius 2 is 1.86 bits per heavy atom. The maximum absolute atomic E-state index is 12.1. The van der Waals surface area contributed by atoms with Gasteiger partial charge in [0.25, 0.3) is 5.91 Å². The van der Waals surface area contributed by atoms with Gasteiger partial charge in [-0.1, -0.05) is 13.8 Å². The molecule has 1 heterocycles. The van der Waals surface area contributed by atoms with Crippen molar-refractivity contribution in [1.82, 2.24) is 20.9 Å². The number of imide groups is 2. The van der Waals surface area contributed by atoms with Crippen molar-refractivity contribution in [1.29, 1.82) is 0 Å². The van der Waals surface area contributed by atoms with Crippen molar-refractivity contribution < 1.29 is 19.2 Å². The van der Waals surface area contributed by atoms with E-state index in [2.05, 4.69) is 16.0 Å². The molecule has 1 aliphatic rings. The number of nitrogens with zero attached hydrogens (tertiary/aromatic N) is 1. The summed E-state index contributed by atoms with van der Waals surface area (Å²) in [6, 6.07) is -1.88. The quantitative estimate of drug-likeness (QED) is 0.660. The Morgan fingerprint density at radius 3 is 2.36 bits per heavy atom. The molecule has 1 unspecified atom stereocenters. The zero-order valence-corrected chi connectivity index (χ0v) is 13.6. The molecule has 0 aromatic carbocycles. The van der Waals surface area contributed by atoms with Gasteiger partial charge >= 0.3 is 12.1 Å². The summed E-state index contributed by atoms with van der Waals surface area (Å²) in [4.78, 5) is 48.0. The Bertz CT molecular complexity index is 482. The predicted octanol–water partition coefficient (Wildman–Crippen LogP) is 0.577. The molecule has 22 heavy (non-hydrogen) atoms. The van der Waals surface area contributed by atoms with E-state index in [0.717, 1.165) is 4.90 Å². The molecule has 8 nitrogen and oxygen atoms in total. The Labute approximate surface area is 130 Å². The van der Waals surface area contributed by atoms with Gasteiger partial charge in [-0.3, -0.25) is 19.8 Å². The van der Waals surface area contributed by atoms with Crippen LogP contribution in [0.4, 0.5) is 9.59 Å². The molecule has 1 rings (SSSR count). The predicted molar refractivity (Wildman–Crippen MR) is 79.9 cm³/mol. The molecule has 6 amide bonds. The highest BCUT2D eigenvalue weighted by Gasteiger charge is 2.39. The fourth-order valence-corrected chi connectivity index (χ4v) is 2.04. The summed E-state index contributed by atoms with van der Waals surface area (Å²) in [7, 11) is 0. The van der Waals surface area contributed by atoms with Gasteiger partial charge in [0.15, 0.2) is 0 Å². The fourth-order valence-electron chi connectivity index (χ4n) is 2.04. The van der Waals surface area contributed by atoms with E-state index >= 15 is 0 Å². The molecule has 0 aromatic rings. The van der Waals surface area contributed by atoms with Crippen LogP contribution in [0, 0.1) is 5.92 Å². The Morgan fingerprint density at radius 1 is 1.27 bits per heavy atom. The van der Waals surface area contributed by atoms with Gasteiger partial charge in [0.05, 0.1) is 0 Å². The minimum atomic E-state index is -0.713. The lowest BCUT2D eigenvalue weighted by Gasteiger charge is -2.20. The average Bonchev–Trinajstić information content (AvgIpc) is 2.53. The summed E-state index contributed by atoms with van der Waals surface area (Å²) in [5.74, 6) is -0.916. The second-order valence-electron chi connectivity index (χ2n) is 6.81. The second kappa shape index (κ2) is 6.76. The van der Waals surface area contributed by atoms with Crippen molar-refractivity contribution in [2.45, 2.75) is 52.6 Å². The first kappa shape index (κ1) is 17.9. The number of nitrogens with one attached hydrogen (secondary N) is 3. The van der Waals surface area contributed by atoms with E-state index < -0.39 is 42.0 Å². The molecule has 0 aromatic heterocycles. The van der Waals surface area contributed by atoms with Gasteiger partial charge in [-0.25, -0.2) is 9.59 Å². The third-order valence-corrected chi connectivity index (χ3v) is 2.86. The lowest BCUT2D eigenvalue weighted by Crippen LogP contribution is -2.51. The smallest absolute Gasteiger partial charge is 0.325 e. The van der Waals surface area contributed by atoms with Crippen LogP contribution >= 0.6 is 0 Å². The van der Waals surface area contributed by atoms with E-state index in [1.54, 1.807) is 20.8 Å². The highest BCUT2D eigenvalue weighted by Crippen LogP contribution is 2.13. The standard InChI is InChI=1S/C14H24N4O4/c1-8(2)6-9-11(20)18(13(22)15-9)7-10(19)16-12(21)17-14(3,4)5/h8-9H,6-7H2,1-5H3,(H,15,22)(H2,16,17,19,21). The number of rotatable bonds is 4. The van der Waals surface area contributed by atoms with E-state index in [-0.39, 0.29) is 5.92 Å². The van der Waals surface area contributed by atoms with Crippen LogP contribution in [0.5, 0.6) is 0 Å². The topological polar surface area (TPSA) is 108 Å². The van der Waals surface area contributed by atoms with Gasteiger partial charge in [0.1, 0.15) is 12.6 Å². The molecular formula is C14H24N4O4. The SMILES string of the molecule is CC(C)CC1NC(=O)N(CC(=O)NC(=O)NC(C)(C)C)C1=O. The van der Waals surface area contributed by atoms with Gasteiger partial charge in [-0.05, 0) is 33.1 Å². The minimum absolute atomic E-state index is 0.237. The fraction of sp³-hybridized carbons (Fsp3) is 0.714. The van der Waals surface area contributed by atoms with Crippen LogP contribution < -0.4 is 16.0 Å². The average molecular weight is 312 g/mol. The number of hydrogen-bond acceptors (Lipinski definition) is 4. The first-order chi connectivity index (χ1) is 9.99. The molecule has 0 saturated carbocycles. The Balaban J connectivity index is 2.56. The number of carbonyl (C=O) groups is 4. The van der Waals surface area contributed by atoms with Crippen LogP contribution in [0.15, 0.2) is 0 Å². The molecule has 0 bridgehead atoms. The van der Waals surface area contributed by atoms with Gasteiger partial charge in [0.2, 0.25) is 5.91 Å². The maximum Gasteiger partial charge on any atom is 0.325 e. The van der Waals surface area contributed by atoms with Crippen LogP contribution in [0.3, 0.4) is 0 Å². The molecule has 1 fully saturated rings. The molecule has 124 valence electrons. The van der Waals surface area contributed by atoms with Crippen molar-refractivity contribution in [3.8, 4) is 0 Å². The van der Waals surface area contributed by atoms with Gasteiger partial charge in [0, 0.05) is 5.54 Å². The molecular weight excluding hydrogens is 288 g/mol. The number of hydrogen-bond donors (Lipinski definition) is 3. The molecule has 8 heteroatoms. The maximum atomic E-state index is 12.1. The summed E-state index contributed by atoms with van der Waals surface area (Å²) in [5.41, 5.74) is -0.492. The highest BCUT2D eigenvalue weighted by molar-refractivity contribution is 6.07. The van der Waals surface area contributed by atoms with Crippen molar-refractivity contribution in [3.63, 3.8) is 0 Å². The van der Waals surface area contributed by atoms with E-state index in [0.29, 0.717) is 6.42 Å². The van der Waals surface area contributed by atoms with Gasteiger partial charge in [-0.15, -0.1) is 0 Å². The number of carbonyl (C=O) groups excluding carboxylic acids is 4. The normalized spacial score (nSPS) is 18.5. The van der Waals surface area contributed by atoms with Crippen molar-refractivity contribution in [2.75, 3.05) is 6.54 Å². The third kappa shape index (κ3) is 5.34. The second-order valence-corrected chi connectivity index (χ2v) is 6.81. The van der Waals surface area contributed by atoms with E-state index in [1.807, 2.05) is 13.8 Å². The molecule has 0 spiro atoms. The minimum Gasteiger partial charge on any atom is -0.333 e. The monoisotopic (exact) mass is 312 g/mol. The molecule has 0 aliphatic carbocycles. The van der Waals surface area contributed by atoms with Crippen LogP contribution in [0.25, 0.3) is 0 Å². The summed E-state index contributed by atoms with van der Waals surface area (Å²) in [5, 5.41) is 7.19. The van der Waals surface area contributed by atoms with Crippen molar-refractivity contribution >= 4 is 23.9 Å².